The number of benzene rings is 3. The highest BCUT2D eigenvalue weighted by atomic mass is 15.4. The third kappa shape index (κ3) is 7.93. The van der Waals surface area contributed by atoms with Crippen molar-refractivity contribution in [3.05, 3.63) is 144 Å². The van der Waals surface area contributed by atoms with Gasteiger partial charge in [0.15, 0.2) is 0 Å². The van der Waals surface area contributed by atoms with Gasteiger partial charge in [0.05, 0.1) is 25.5 Å². The van der Waals surface area contributed by atoms with E-state index in [9.17, 15) is 0 Å². The van der Waals surface area contributed by atoms with Crippen molar-refractivity contribution in [2.75, 3.05) is 5.32 Å². The van der Waals surface area contributed by atoms with Crippen LogP contribution in [0.15, 0.2) is 136 Å². The second kappa shape index (κ2) is 15.5. The van der Waals surface area contributed by atoms with Crippen LogP contribution in [0.4, 0.5) is 5.69 Å². The number of rotatable bonds is 11. The van der Waals surface area contributed by atoms with Gasteiger partial charge in [0, 0.05) is 65.9 Å². The number of fused-ring (bicyclic) bond motifs is 2. The minimum Gasteiger partial charge on any atom is -0.380 e. The van der Waals surface area contributed by atoms with Gasteiger partial charge >= 0.3 is 0 Å². The van der Waals surface area contributed by atoms with Gasteiger partial charge in [-0.1, -0.05) is 36.4 Å². The monoisotopic (exact) mass is 634 g/mol. The molecule has 0 unspecified atom stereocenters. The van der Waals surface area contributed by atoms with Crippen molar-refractivity contribution in [3.8, 4) is 0 Å². The Kier molecular flexibility index (Phi) is 10.1. The highest BCUT2D eigenvalue weighted by Gasteiger charge is 2.15. The van der Waals surface area contributed by atoms with Crippen LogP contribution in [0.2, 0.25) is 0 Å². The van der Waals surface area contributed by atoms with Gasteiger partial charge in [-0.25, -0.2) is 20.8 Å². The molecule has 0 aliphatic heterocycles. The fraction of sp³-hybridized carbons (Fsp3) is 0.0833. The Morgan fingerprint density at radius 2 is 1.04 bits per heavy atom. The van der Waals surface area contributed by atoms with Crippen molar-refractivity contribution in [2.24, 2.45) is 31.7 Å². The number of aliphatic imine (C=N–C) groups is 2. The van der Waals surface area contributed by atoms with E-state index >= 15 is 0 Å². The van der Waals surface area contributed by atoms with Crippen molar-refractivity contribution in [2.45, 2.75) is 19.6 Å². The summed E-state index contributed by atoms with van der Waals surface area (Å²) >= 11 is 0. The van der Waals surface area contributed by atoms with Crippen LogP contribution in [0, 0.1) is 0 Å². The third-order valence-electron chi connectivity index (χ3n) is 7.47. The Morgan fingerprint density at radius 3 is 1.60 bits per heavy atom. The lowest BCUT2D eigenvalue weighted by atomic mass is 9.91. The van der Waals surface area contributed by atoms with E-state index in [0.29, 0.717) is 19.6 Å². The first-order valence-corrected chi connectivity index (χ1v) is 15.2. The highest BCUT2D eigenvalue weighted by Crippen LogP contribution is 2.36. The molecule has 0 saturated carbocycles. The first-order valence-electron chi connectivity index (χ1n) is 15.2. The Bertz CT molecular complexity index is 2090. The number of nitrogens with zero attached hydrogens (tertiary/aromatic N) is 7. The molecule has 0 spiro atoms. The molecular formula is C36H34N12. The minimum absolute atomic E-state index is 0.200. The Labute approximate surface area is 277 Å². The fourth-order valence-corrected chi connectivity index (χ4v) is 5.14. The van der Waals surface area contributed by atoms with E-state index in [-0.39, 0.29) is 11.9 Å². The Balaban J connectivity index is 1.36. The zero-order chi connectivity index (χ0) is 33.0. The van der Waals surface area contributed by atoms with Crippen LogP contribution in [0.1, 0.15) is 27.8 Å². The van der Waals surface area contributed by atoms with Crippen molar-refractivity contribution in [3.63, 3.8) is 0 Å². The second-order valence-corrected chi connectivity index (χ2v) is 10.7. The molecule has 0 amide bonds. The van der Waals surface area contributed by atoms with E-state index in [2.05, 4.69) is 75.6 Å². The zero-order valence-electron chi connectivity index (χ0n) is 26.0. The number of nitrogens with two attached hydrogens (primary N) is 2. The highest BCUT2D eigenvalue weighted by molar-refractivity contribution is 6.23. The summed E-state index contributed by atoms with van der Waals surface area (Å²) in [5.41, 5.74) is 23.9. The second-order valence-electron chi connectivity index (χ2n) is 10.7. The quantitative estimate of drug-likeness (QED) is 0.0591. The van der Waals surface area contributed by atoms with Crippen LogP contribution in [0.3, 0.4) is 0 Å². The van der Waals surface area contributed by atoms with Crippen molar-refractivity contribution < 1.29 is 0 Å². The van der Waals surface area contributed by atoms with Crippen molar-refractivity contribution in [1.82, 2.24) is 25.8 Å². The molecule has 3 aromatic carbocycles. The van der Waals surface area contributed by atoms with Crippen LogP contribution in [-0.2, 0) is 19.6 Å². The van der Waals surface area contributed by atoms with E-state index in [1.165, 1.54) is 0 Å². The molecule has 3 heterocycles. The zero-order valence-corrected chi connectivity index (χ0v) is 26.0. The van der Waals surface area contributed by atoms with Crippen LogP contribution < -0.4 is 27.6 Å². The smallest absolute Gasteiger partial charge is 0.209 e. The molecule has 0 aliphatic carbocycles. The molecule has 0 radical (unpaired) electrons. The third-order valence-corrected chi connectivity index (χ3v) is 7.47. The van der Waals surface area contributed by atoms with Crippen LogP contribution in [0.25, 0.3) is 21.5 Å². The number of nitrogens with one attached hydrogen (secondary N) is 3. The lowest BCUT2D eigenvalue weighted by Crippen LogP contribution is -2.27. The predicted molar refractivity (Wildman–Crippen MR) is 194 cm³/mol. The first-order chi connectivity index (χ1) is 23.7. The summed E-state index contributed by atoms with van der Waals surface area (Å²) in [6.07, 6.45) is 14.0. The number of anilines is 1. The molecule has 0 fully saturated rings. The molecule has 238 valence electrons. The van der Waals surface area contributed by atoms with Gasteiger partial charge < -0.3 is 16.8 Å². The van der Waals surface area contributed by atoms with Gasteiger partial charge in [0.2, 0.25) is 11.9 Å². The van der Waals surface area contributed by atoms with Gasteiger partial charge in [-0.2, -0.15) is 10.2 Å². The maximum Gasteiger partial charge on any atom is 0.209 e. The summed E-state index contributed by atoms with van der Waals surface area (Å²) in [5.74, 6) is 0.403. The van der Waals surface area contributed by atoms with Crippen molar-refractivity contribution in [1.29, 1.82) is 0 Å². The van der Waals surface area contributed by atoms with E-state index in [4.69, 9.17) is 11.5 Å². The normalized spacial score (nSPS) is 12.2. The first kappa shape index (κ1) is 31.3. The van der Waals surface area contributed by atoms with Crippen LogP contribution in [-0.4, -0.2) is 39.3 Å². The minimum atomic E-state index is 0.200. The van der Waals surface area contributed by atoms with E-state index in [1.807, 2.05) is 54.6 Å². The number of aromatic nitrogens is 3. The summed E-state index contributed by atoms with van der Waals surface area (Å²) in [6, 6.07) is 25.8. The van der Waals surface area contributed by atoms with E-state index in [1.54, 1.807) is 49.6 Å². The van der Waals surface area contributed by atoms with Gasteiger partial charge in [-0.15, -0.1) is 0 Å². The fourth-order valence-electron chi connectivity index (χ4n) is 5.14. The summed E-state index contributed by atoms with van der Waals surface area (Å²) in [4.78, 5) is 21.0. The molecule has 12 nitrogen and oxygen atoms in total. The summed E-state index contributed by atoms with van der Waals surface area (Å²) in [7, 11) is 0. The SMILES string of the molecule is NC(=NCc1ccncc1)NN=Cc1c2ccccc2c(C=NNC(N)=NCc2ccncc2)c2c(NCc3ccncc3)cccc12. The Morgan fingerprint density at radius 1 is 0.562 bits per heavy atom. The maximum atomic E-state index is 6.16. The number of hydrogen-bond donors (Lipinski definition) is 5. The molecule has 48 heavy (non-hydrogen) atoms. The largest absolute Gasteiger partial charge is 0.380 e. The lowest BCUT2D eigenvalue weighted by molar-refractivity contribution is 0.961. The topological polar surface area (TPSA) is 176 Å². The summed E-state index contributed by atoms with van der Waals surface area (Å²) in [5, 5.41) is 16.5. The number of hydrogen-bond acceptors (Lipinski definition) is 8. The lowest BCUT2D eigenvalue weighted by Gasteiger charge is -2.17. The average molecular weight is 635 g/mol. The van der Waals surface area contributed by atoms with Gasteiger partial charge in [-0.05, 0) is 75.3 Å². The van der Waals surface area contributed by atoms with Gasteiger partial charge in [0.25, 0.3) is 0 Å². The van der Waals surface area contributed by atoms with Crippen LogP contribution >= 0.6 is 0 Å². The summed E-state index contributed by atoms with van der Waals surface area (Å²) in [6.45, 7) is 1.43. The number of hydrazone groups is 2. The molecule has 12 heteroatoms. The number of pyridine rings is 3. The molecule has 6 rings (SSSR count). The standard InChI is InChI=1S/C36H34N12/c37-35(43-21-26-10-16-40-17-11-26)47-45-23-31-28-4-1-2-5-29(28)32(24-46-48-36(38)44-22-27-12-18-41-19-13-27)34-30(31)6-3-7-33(34)42-20-25-8-14-39-15-9-25/h1-19,23-24,42H,20-22H2,(H3,37,43,47)(H3,38,44,48). The van der Waals surface area contributed by atoms with E-state index < -0.39 is 0 Å². The molecule has 3 aromatic heterocycles. The van der Waals surface area contributed by atoms with Gasteiger partial charge in [0.1, 0.15) is 0 Å². The van der Waals surface area contributed by atoms with Crippen molar-refractivity contribution >= 4 is 51.6 Å². The molecular weight excluding hydrogens is 600 g/mol. The molecule has 7 N–H and O–H groups in total. The average Bonchev–Trinajstić information content (AvgIpc) is 3.14. The molecule has 0 bridgehead atoms. The molecule has 0 atom stereocenters. The predicted octanol–water partition coefficient (Wildman–Crippen LogP) is 4.67. The van der Waals surface area contributed by atoms with Crippen LogP contribution in [0.5, 0.6) is 0 Å². The number of guanidine groups is 2. The molecule has 6 aromatic rings. The summed E-state index contributed by atoms with van der Waals surface area (Å²) < 4.78 is 0. The molecule has 0 saturated heterocycles. The van der Waals surface area contributed by atoms with Gasteiger partial charge in [-0.3, -0.25) is 15.0 Å². The van der Waals surface area contributed by atoms with E-state index in [0.717, 1.165) is 55.0 Å². The molecule has 0 aliphatic rings. The maximum absolute atomic E-state index is 6.16. The Hall–Kier alpha value is -6.69.